The van der Waals surface area contributed by atoms with E-state index in [0.29, 0.717) is 22.9 Å². The molecule has 0 bridgehead atoms. The summed E-state index contributed by atoms with van der Waals surface area (Å²) in [7, 11) is 0. The average Bonchev–Trinajstić information content (AvgIpc) is 2.63. The lowest BCUT2D eigenvalue weighted by Crippen LogP contribution is -2.28. The first-order valence-electron chi connectivity index (χ1n) is 7.44. The van der Waals surface area contributed by atoms with Crippen molar-refractivity contribution in [3.8, 4) is 16.9 Å². The highest BCUT2D eigenvalue weighted by Gasteiger charge is 2.32. The van der Waals surface area contributed by atoms with E-state index < -0.39 is 40.6 Å². The molecule has 0 atom stereocenters. The fourth-order valence-electron chi connectivity index (χ4n) is 2.29. The summed E-state index contributed by atoms with van der Waals surface area (Å²) < 4.78 is 65.0. The minimum Gasteiger partial charge on any atom is -0.477 e. The third kappa shape index (κ3) is 3.59. The highest BCUT2D eigenvalue weighted by Crippen LogP contribution is 2.28. The van der Waals surface area contributed by atoms with Crippen LogP contribution in [0, 0.1) is 11.6 Å². The van der Waals surface area contributed by atoms with E-state index >= 15 is 0 Å². The normalized spacial score (nSPS) is 11.5. The van der Waals surface area contributed by atoms with Crippen molar-refractivity contribution in [1.29, 1.82) is 0 Å². The molecule has 1 N–H and O–H groups in total. The van der Waals surface area contributed by atoms with Crippen LogP contribution in [0.5, 0.6) is 0 Å². The van der Waals surface area contributed by atoms with Crippen molar-refractivity contribution in [3.63, 3.8) is 0 Å². The summed E-state index contributed by atoms with van der Waals surface area (Å²) in [6.07, 6.45) is -3.88. The third-order valence-corrected chi connectivity index (χ3v) is 3.64. The molecular weight excluding hydrogens is 389 g/mol. The van der Waals surface area contributed by atoms with Crippen LogP contribution < -0.4 is 5.56 Å². The lowest BCUT2D eigenvalue weighted by atomic mass is 10.1. The zero-order chi connectivity index (χ0) is 20.6. The van der Waals surface area contributed by atoms with Crippen LogP contribution in [0.3, 0.4) is 0 Å². The summed E-state index contributed by atoms with van der Waals surface area (Å²) in [5.41, 5.74) is -3.58. The molecule has 1 aromatic carbocycles. The Labute approximate surface area is 152 Å². The number of hydrogen-bond acceptors (Lipinski definition) is 4. The Bertz CT molecular complexity index is 1120. The summed E-state index contributed by atoms with van der Waals surface area (Å²) in [5, 5.41) is 13.1. The number of benzene rings is 1. The molecule has 0 aliphatic carbocycles. The molecular formula is C17H8F5N3O3. The smallest absolute Gasteiger partial charge is 0.433 e. The van der Waals surface area contributed by atoms with Crippen LogP contribution in [-0.2, 0) is 6.18 Å². The van der Waals surface area contributed by atoms with Gasteiger partial charge in [0.1, 0.15) is 11.3 Å². The number of alkyl halides is 3. The molecule has 0 aliphatic heterocycles. The Morgan fingerprint density at radius 1 is 1.04 bits per heavy atom. The molecule has 3 rings (SSSR count). The van der Waals surface area contributed by atoms with E-state index in [0.717, 1.165) is 24.4 Å². The number of aromatic carboxylic acids is 1. The first-order valence-corrected chi connectivity index (χ1v) is 7.44. The zero-order valence-corrected chi connectivity index (χ0v) is 13.5. The highest BCUT2D eigenvalue weighted by atomic mass is 19.4. The van der Waals surface area contributed by atoms with E-state index in [4.69, 9.17) is 0 Å². The number of halogens is 5. The minimum absolute atomic E-state index is 0.0215. The van der Waals surface area contributed by atoms with Gasteiger partial charge in [0, 0.05) is 17.8 Å². The molecule has 0 amide bonds. The van der Waals surface area contributed by atoms with Gasteiger partial charge in [-0.1, -0.05) is 0 Å². The number of aromatic nitrogens is 3. The van der Waals surface area contributed by atoms with Gasteiger partial charge in [-0.05, 0) is 30.3 Å². The lowest BCUT2D eigenvalue weighted by molar-refractivity contribution is -0.141. The van der Waals surface area contributed by atoms with Gasteiger partial charge < -0.3 is 5.11 Å². The molecule has 3 aromatic rings. The summed E-state index contributed by atoms with van der Waals surface area (Å²) in [5.74, 6) is -4.13. The van der Waals surface area contributed by atoms with Gasteiger partial charge >= 0.3 is 12.1 Å². The van der Waals surface area contributed by atoms with Gasteiger partial charge in [0.15, 0.2) is 11.6 Å². The Balaban J connectivity index is 2.20. The maximum atomic E-state index is 13.5. The van der Waals surface area contributed by atoms with E-state index in [-0.39, 0.29) is 16.9 Å². The minimum atomic E-state index is -4.68. The summed E-state index contributed by atoms with van der Waals surface area (Å²) in [6, 6.07) is 4.84. The maximum Gasteiger partial charge on any atom is 0.433 e. The SMILES string of the molecule is O=C(O)c1cc(-c2ccc(C(F)(F)F)nc2)nn(-c2ccc(F)c(F)c2)c1=O. The Hall–Kier alpha value is -3.63. The van der Waals surface area contributed by atoms with Crippen LogP contribution in [0.1, 0.15) is 16.1 Å². The Morgan fingerprint density at radius 2 is 1.75 bits per heavy atom. The second-order valence-corrected chi connectivity index (χ2v) is 5.49. The molecule has 2 heterocycles. The quantitative estimate of drug-likeness (QED) is 0.686. The van der Waals surface area contributed by atoms with Gasteiger partial charge in [-0.3, -0.25) is 9.78 Å². The van der Waals surface area contributed by atoms with Crippen LogP contribution in [-0.4, -0.2) is 25.8 Å². The molecule has 0 saturated heterocycles. The van der Waals surface area contributed by atoms with Gasteiger partial charge in [0.05, 0.1) is 11.4 Å². The summed E-state index contributed by atoms with van der Waals surface area (Å²) in [4.78, 5) is 26.9. The van der Waals surface area contributed by atoms with Crippen molar-refractivity contribution < 1.29 is 31.9 Å². The fraction of sp³-hybridized carbons (Fsp3) is 0.0588. The van der Waals surface area contributed by atoms with Gasteiger partial charge in [0.25, 0.3) is 5.56 Å². The van der Waals surface area contributed by atoms with Crippen LogP contribution >= 0.6 is 0 Å². The Morgan fingerprint density at radius 3 is 2.29 bits per heavy atom. The van der Waals surface area contributed by atoms with E-state index in [2.05, 4.69) is 10.1 Å². The standard InChI is InChI=1S/C17H8F5N3O3/c18-11-3-2-9(5-12(11)19)25-15(26)10(16(27)28)6-13(24-25)8-1-4-14(23-7-8)17(20,21)22/h1-7H,(H,27,28). The third-order valence-electron chi connectivity index (χ3n) is 3.64. The van der Waals surface area contributed by atoms with Crippen molar-refractivity contribution in [2.75, 3.05) is 0 Å². The first-order chi connectivity index (χ1) is 13.1. The number of carboxylic acid groups (broad SMARTS) is 1. The molecule has 0 fully saturated rings. The molecule has 144 valence electrons. The van der Waals surface area contributed by atoms with Crippen molar-refractivity contribution in [1.82, 2.24) is 14.8 Å². The summed E-state index contributed by atoms with van der Waals surface area (Å²) >= 11 is 0. The van der Waals surface area contributed by atoms with Gasteiger partial charge in [-0.25, -0.2) is 13.6 Å². The van der Waals surface area contributed by atoms with Crippen LogP contribution in [0.25, 0.3) is 16.9 Å². The van der Waals surface area contributed by atoms with Crippen LogP contribution in [0.2, 0.25) is 0 Å². The number of hydrogen-bond donors (Lipinski definition) is 1. The molecule has 2 aromatic heterocycles. The monoisotopic (exact) mass is 397 g/mol. The maximum absolute atomic E-state index is 13.5. The molecule has 0 aliphatic rings. The predicted octanol–water partition coefficient (Wildman–Crippen LogP) is 3.29. The topological polar surface area (TPSA) is 85.1 Å². The largest absolute Gasteiger partial charge is 0.477 e. The second kappa shape index (κ2) is 6.83. The molecule has 0 spiro atoms. The van der Waals surface area contributed by atoms with Gasteiger partial charge in [0.2, 0.25) is 0 Å². The van der Waals surface area contributed by atoms with E-state index in [1.54, 1.807) is 0 Å². The van der Waals surface area contributed by atoms with Gasteiger partial charge in [-0.2, -0.15) is 23.0 Å². The average molecular weight is 397 g/mol. The molecule has 11 heteroatoms. The van der Waals surface area contributed by atoms with E-state index in [9.17, 15) is 36.6 Å². The molecule has 0 unspecified atom stereocenters. The van der Waals surface area contributed by atoms with Crippen LogP contribution in [0.15, 0.2) is 47.4 Å². The van der Waals surface area contributed by atoms with Crippen molar-refractivity contribution >= 4 is 5.97 Å². The fourth-order valence-corrected chi connectivity index (χ4v) is 2.29. The number of nitrogens with zero attached hydrogens (tertiary/aromatic N) is 3. The number of pyridine rings is 1. The summed E-state index contributed by atoms with van der Waals surface area (Å²) in [6.45, 7) is 0. The van der Waals surface area contributed by atoms with Gasteiger partial charge in [-0.15, -0.1) is 0 Å². The molecule has 0 radical (unpaired) electrons. The lowest BCUT2D eigenvalue weighted by Gasteiger charge is -2.10. The van der Waals surface area contributed by atoms with Crippen molar-refractivity contribution in [2.24, 2.45) is 0 Å². The zero-order valence-electron chi connectivity index (χ0n) is 13.5. The number of carbonyl (C=O) groups is 1. The Kier molecular flexibility index (Phi) is 4.67. The van der Waals surface area contributed by atoms with Crippen LogP contribution in [0.4, 0.5) is 22.0 Å². The van der Waals surface area contributed by atoms with Crippen molar-refractivity contribution in [3.05, 3.63) is 75.8 Å². The number of rotatable bonds is 3. The van der Waals surface area contributed by atoms with Crippen molar-refractivity contribution in [2.45, 2.75) is 6.18 Å². The molecule has 0 saturated carbocycles. The molecule has 28 heavy (non-hydrogen) atoms. The van der Waals surface area contributed by atoms with E-state index in [1.165, 1.54) is 0 Å². The predicted molar refractivity (Wildman–Crippen MR) is 84.9 cm³/mol. The second-order valence-electron chi connectivity index (χ2n) is 5.49. The first kappa shape index (κ1) is 19.1. The van der Waals surface area contributed by atoms with E-state index in [1.807, 2.05) is 0 Å². The molecule has 6 nitrogen and oxygen atoms in total. The highest BCUT2D eigenvalue weighted by molar-refractivity contribution is 5.88. The number of carboxylic acids is 1.